The van der Waals surface area contributed by atoms with E-state index in [1.807, 2.05) is 0 Å². The molecule has 0 aromatic carbocycles. The van der Waals surface area contributed by atoms with Crippen LogP contribution >= 0.6 is 0 Å². The van der Waals surface area contributed by atoms with Crippen LogP contribution in [0.15, 0.2) is 0 Å². The maximum Gasteiger partial charge on any atom is 0.0679 e. The van der Waals surface area contributed by atoms with Gasteiger partial charge in [-0.25, -0.2) is 0 Å². The molecule has 13 heavy (non-hydrogen) atoms. The van der Waals surface area contributed by atoms with E-state index in [0.717, 1.165) is 39.0 Å². The van der Waals surface area contributed by atoms with Crippen molar-refractivity contribution in [3.8, 4) is 0 Å². The first-order chi connectivity index (χ1) is 6.27. The summed E-state index contributed by atoms with van der Waals surface area (Å²) in [5.41, 5.74) is 5.97. The SMILES string of the molecule is NCC1(N2CCC(O)C2)CCNC1. The maximum atomic E-state index is 9.47. The van der Waals surface area contributed by atoms with Crippen molar-refractivity contribution in [3.05, 3.63) is 0 Å². The fourth-order valence-electron chi connectivity index (χ4n) is 2.48. The monoisotopic (exact) mass is 185 g/mol. The van der Waals surface area contributed by atoms with Crippen molar-refractivity contribution in [2.45, 2.75) is 24.5 Å². The van der Waals surface area contributed by atoms with Gasteiger partial charge in [0.2, 0.25) is 0 Å². The minimum Gasteiger partial charge on any atom is -0.392 e. The van der Waals surface area contributed by atoms with Crippen molar-refractivity contribution >= 4 is 0 Å². The molecule has 2 rings (SSSR count). The Balaban J connectivity index is 2.03. The van der Waals surface area contributed by atoms with Crippen LogP contribution in [-0.4, -0.2) is 54.4 Å². The van der Waals surface area contributed by atoms with E-state index in [1.165, 1.54) is 0 Å². The van der Waals surface area contributed by atoms with Crippen LogP contribution in [0.1, 0.15) is 12.8 Å². The molecule has 2 heterocycles. The van der Waals surface area contributed by atoms with E-state index in [0.29, 0.717) is 6.54 Å². The van der Waals surface area contributed by atoms with Gasteiger partial charge in [0, 0.05) is 31.7 Å². The highest BCUT2D eigenvalue weighted by molar-refractivity contribution is 5.01. The van der Waals surface area contributed by atoms with Gasteiger partial charge in [0.15, 0.2) is 0 Å². The Morgan fingerprint density at radius 3 is 2.92 bits per heavy atom. The molecule has 4 heteroatoms. The van der Waals surface area contributed by atoms with Gasteiger partial charge in [-0.05, 0) is 19.4 Å². The largest absolute Gasteiger partial charge is 0.392 e. The number of nitrogens with one attached hydrogen (secondary N) is 1. The Labute approximate surface area is 79.1 Å². The number of aliphatic hydroxyl groups excluding tert-OH is 1. The van der Waals surface area contributed by atoms with Crippen molar-refractivity contribution in [2.75, 3.05) is 32.7 Å². The highest BCUT2D eigenvalue weighted by Crippen LogP contribution is 2.26. The van der Waals surface area contributed by atoms with Crippen molar-refractivity contribution in [1.29, 1.82) is 0 Å². The third-order valence-electron chi connectivity index (χ3n) is 3.44. The predicted molar refractivity (Wildman–Crippen MR) is 51.5 cm³/mol. The van der Waals surface area contributed by atoms with Gasteiger partial charge in [-0.15, -0.1) is 0 Å². The van der Waals surface area contributed by atoms with E-state index in [9.17, 15) is 5.11 Å². The minimum absolute atomic E-state index is 0.135. The summed E-state index contributed by atoms with van der Waals surface area (Å²) in [5, 5.41) is 12.8. The van der Waals surface area contributed by atoms with Crippen LogP contribution in [0.25, 0.3) is 0 Å². The minimum atomic E-state index is -0.135. The molecule has 0 bridgehead atoms. The molecule has 0 spiro atoms. The molecule has 4 nitrogen and oxygen atoms in total. The Bertz CT molecular complexity index is 180. The molecule has 0 aliphatic carbocycles. The average Bonchev–Trinajstić information content (AvgIpc) is 2.73. The normalized spacial score (nSPS) is 41.5. The van der Waals surface area contributed by atoms with E-state index in [4.69, 9.17) is 5.73 Å². The Hall–Kier alpha value is -0.160. The topological polar surface area (TPSA) is 61.5 Å². The number of likely N-dealkylation sites (tertiary alicyclic amines) is 1. The van der Waals surface area contributed by atoms with Crippen LogP contribution < -0.4 is 11.1 Å². The fourth-order valence-corrected chi connectivity index (χ4v) is 2.48. The van der Waals surface area contributed by atoms with Gasteiger partial charge < -0.3 is 16.2 Å². The second kappa shape index (κ2) is 3.53. The van der Waals surface area contributed by atoms with Crippen LogP contribution in [0, 0.1) is 0 Å². The summed E-state index contributed by atoms with van der Waals surface area (Å²) in [7, 11) is 0. The number of nitrogens with zero attached hydrogens (tertiary/aromatic N) is 1. The molecule has 2 saturated heterocycles. The van der Waals surface area contributed by atoms with Gasteiger partial charge in [0.25, 0.3) is 0 Å². The lowest BCUT2D eigenvalue weighted by Gasteiger charge is -2.37. The van der Waals surface area contributed by atoms with Gasteiger partial charge in [0.1, 0.15) is 0 Å². The van der Waals surface area contributed by atoms with Gasteiger partial charge in [0.05, 0.1) is 6.10 Å². The molecule has 0 aromatic heterocycles. The molecule has 0 radical (unpaired) electrons. The molecule has 2 aliphatic rings. The van der Waals surface area contributed by atoms with Crippen LogP contribution in [0.4, 0.5) is 0 Å². The lowest BCUT2D eigenvalue weighted by molar-refractivity contribution is 0.111. The first-order valence-corrected chi connectivity index (χ1v) is 5.11. The Kier molecular flexibility index (Phi) is 2.55. The Morgan fingerprint density at radius 2 is 2.46 bits per heavy atom. The third-order valence-corrected chi connectivity index (χ3v) is 3.44. The van der Waals surface area contributed by atoms with Crippen molar-refractivity contribution in [3.63, 3.8) is 0 Å². The first kappa shape index (κ1) is 9.40. The fraction of sp³-hybridized carbons (Fsp3) is 1.00. The first-order valence-electron chi connectivity index (χ1n) is 5.11. The quantitative estimate of drug-likeness (QED) is 0.503. The second-order valence-electron chi connectivity index (χ2n) is 4.24. The van der Waals surface area contributed by atoms with Crippen LogP contribution in [0.2, 0.25) is 0 Å². The van der Waals surface area contributed by atoms with Gasteiger partial charge in [-0.3, -0.25) is 4.90 Å². The number of nitrogens with two attached hydrogens (primary N) is 1. The van der Waals surface area contributed by atoms with Crippen LogP contribution in [0.5, 0.6) is 0 Å². The second-order valence-corrected chi connectivity index (χ2v) is 4.24. The van der Waals surface area contributed by atoms with Crippen molar-refractivity contribution < 1.29 is 5.11 Å². The van der Waals surface area contributed by atoms with E-state index >= 15 is 0 Å². The summed E-state index contributed by atoms with van der Waals surface area (Å²) in [6, 6.07) is 0. The van der Waals surface area contributed by atoms with E-state index in [1.54, 1.807) is 0 Å². The number of hydrogen-bond acceptors (Lipinski definition) is 4. The summed E-state index contributed by atoms with van der Waals surface area (Å²) in [6.07, 6.45) is 1.89. The molecule has 2 atom stereocenters. The average molecular weight is 185 g/mol. The zero-order chi connectivity index (χ0) is 9.31. The summed E-state index contributed by atoms with van der Waals surface area (Å²) in [6.45, 7) is 4.55. The molecule has 2 aliphatic heterocycles. The smallest absolute Gasteiger partial charge is 0.0679 e. The van der Waals surface area contributed by atoms with E-state index < -0.39 is 0 Å². The lowest BCUT2D eigenvalue weighted by Crippen LogP contribution is -2.54. The number of aliphatic hydroxyl groups is 1. The van der Waals surface area contributed by atoms with Gasteiger partial charge in [-0.2, -0.15) is 0 Å². The molecule has 0 aromatic rings. The molecular formula is C9H19N3O. The molecule has 0 saturated carbocycles. The Morgan fingerprint density at radius 1 is 1.62 bits per heavy atom. The molecule has 2 unspecified atom stereocenters. The van der Waals surface area contributed by atoms with Gasteiger partial charge >= 0.3 is 0 Å². The maximum absolute atomic E-state index is 9.47. The number of rotatable bonds is 2. The predicted octanol–water partition coefficient (Wildman–Crippen LogP) is -1.26. The number of β-amino-alcohol motifs (C(OH)–C–C–N with tert-alkyl or cyclic N) is 1. The summed E-state index contributed by atoms with van der Waals surface area (Å²) >= 11 is 0. The van der Waals surface area contributed by atoms with E-state index in [-0.39, 0.29) is 11.6 Å². The van der Waals surface area contributed by atoms with Gasteiger partial charge in [-0.1, -0.05) is 0 Å². The standard InChI is InChI=1S/C9H19N3O/c10-6-9(2-3-11-7-9)12-4-1-8(13)5-12/h8,11,13H,1-7,10H2. The lowest BCUT2D eigenvalue weighted by atomic mass is 9.97. The summed E-state index contributed by atoms with van der Waals surface area (Å²) in [4.78, 5) is 2.36. The zero-order valence-electron chi connectivity index (χ0n) is 8.00. The third kappa shape index (κ3) is 1.59. The number of hydrogen-bond donors (Lipinski definition) is 3. The van der Waals surface area contributed by atoms with E-state index in [2.05, 4.69) is 10.2 Å². The highest BCUT2D eigenvalue weighted by atomic mass is 16.3. The zero-order valence-corrected chi connectivity index (χ0v) is 8.00. The molecule has 2 fully saturated rings. The highest BCUT2D eigenvalue weighted by Gasteiger charge is 2.41. The molecule has 76 valence electrons. The molecular weight excluding hydrogens is 166 g/mol. The van der Waals surface area contributed by atoms with Crippen molar-refractivity contribution in [1.82, 2.24) is 10.2 Å². The summed E-state index contributed by atoms with van der Waals surface area (Å²) in [5.74, 6) is 0. The summed E-state index contributed by atoms with van der Waals surface area (Å²) < 4.78 is 0. The van der Waals surface area contributed by atoms with Crippen molar-refractivity contribution in [2.24, 2.45) is 5.73 Å². The molecule has 0 amide bonds. The molecule has 4 N–H and O–H groups in total. The van der Waals surface area contributed by atoms with Crippen LogP contribution in [0.3, 0.4) is 0 Å². The van der Waals surface area contributed by atoms with Crippen LogP contribution in [-0.2, 0) is 0 Å².